The molecule has 2 heterocycles. The molecule has 2 aromatic carbocycles. The minimum atomic E-state index is -0.651. The van der Waals surface area contributed by atoms with Gasteiger partial charge < -0.3 is 10.1 Å². The number of ether oxygens (including phenoxy) is 1. The number of urea groups is 1. The number of fused-ring (bicyclic) bond motifs is 3. The van der Waals surface area contributed by atoms with Crippen LogP contribution in [0.5, 0.6) is 5.75 Å². The molecule has 4 aromatic rings. The third kappa shape index (κ3) is 4.58. The maximum absolute atomic E-state index is 12.8. The van der Waals surface area contributed by atoms with Gasteiger partial charge in [-0.3, -0.25) is 23.9 Å². The maximum Gasteiger partial charge on any atom is 0.325 e. The second-order valence-corrected chi connectivity index (χ2v) is 7.80. The second kappa shape index (κ2) is 9.57. The second-order valence-electron chi connectivity index (χ2n) is 6.86. The van der Waals surface area contributed by atoms with Crippen molar-refractivity contribution in [3.8, 4) is 5.75 Å². The number of methoxy groups -OCH3 is 1. The Morgan fingerprint density at radius 2 is 1.91 bits per heavy atom. The molecule has 11 heteroatoms. The highest BCUT2D eigenvalue weighted by atomic mass is 32.2. The highest BCUT2D eigenvalue weighted by molar-refractivity contribution is 7.99. The minimum Gasteiger partial charge on any atom is -0.497 e. The van der Waals surface area contributed by atoms with E-state index in [1.807, 2.05) is 6.07 Å². The lowest BCUT2D eigenvalue weighted by atomic mass is 10.2. The first-order chi connectivity index (χ1) is 16.0. The molecular formula is C22H20N6O4S. The van der Waals surface area contributed by atoms with Gasteiger partial charge >= 0.3 is 6.03 Å². The van der Waals surface area contributed by atoms with Gasteiger partial charge in [0.15, 0.2) is 5.16 Å². The molecule has 0 saturated heterocycles. The van der Waals surface area contributed by atoms with Crippen molar-refractivity contribution < 1.29 is 14.3 Å². The van der Waals surface area contributed by atoms with E-state index in [1.165, 1.54) is 4.57 Å². The third-order valence-electron chi connectivity index (χ3n) is 4.72. The summed E-state index contributed by atoms with van der Waals surface area (Å²) in [5, 5.41) is 14.1. The van der Waals surface area contributed by atoms with Crippen LogP contribution in [0.25, 0.3) is 16.7 Å². The van der Waals surface area contributed by atoms with Crippen LogP contribution >= 0.6 is 11.8 Å². The molecule has 10 nitrogen and oxygen atoms in total. The van der Waals surface area contributed by atoms with Gasteiger partial charge in [-0.05, 0) is 36.4 Å². The SMILES string of the molecule is C=CCn1c(=O)c2ccccc2n2c(SCC(=O)NC(=O)Nc3ccc(OC)cc3)nnc12. The monoisotopic (exact) mass is 464 g/mol. The van der Waals surface area contributed by atoms with Gasteiger partial charge in [0.05, 0.1) is 23.8 Å². The van der Waals surface area contributed by atoms with Gasteiger partial charge in [0.1, 0.15) is 5.75 Å². The number of nitrogens with one attached hydrogen (secondary N) is 2. The number of thioether (sulfide) groups is 1. The van der Waals surface area contributed by atoms with Crippen molar-refractivity contribution in [2.45, 2.75) is 11.7 Å². The number of hydrogen-bond acceptors (Lipinski definition) is 7. The molecule has 4 rings (SSSR count). The number of carbonyl (C=O) groups is 2. The van der Waals surface area contributed by atoms with Crippen LogP contribution in [0.4, 0.5) is 10.5 Å². The van der Waals surface area contributed by atoms with Crippen LogP contribution in [0.3, 0.4) is 0 Å². The smallest absolute Gasteiger partial charge is 0.325 e. The molecule has 0 saturated carbocycles. The fourth-order valence-electron chi connectivity index (χ4n) is 3.25. The summed E-state index contributed by atoms with van der Waals surface area (Å²) in [6, 6.07) is 13.2. The Bertz CT molecular complexity index is 1410. The Kier molecular flexibility index (Phi) is 6.41. The number of carbonyl (C=O) groups excluding carboxylic acids is 2. The van der Waals surface area contributed by atoms with Crippen LogP contribution in [-0.4, -0.2) is 44.0 Å². The van der Waals surface area contributed by atoms with Crippen molar-refractivity contribution in [1.82, 2.24) is 24.5 Å². The predicted octanol–water partition coefficient (Wildman–Crippen LogP) is 2.68. The lowest BCUT2D eigenvalue weighted by Crippen LogP contribution is -2.35. The summed E-state index contributed by atoms with van der Waals surface area (Å²) in [6.45, 7) is 3.96. The Balaban J connectivity index is 1.50. The first kappa shape index (κ1) is 22.1. The zero-order valence-electron chi connectivity index (χ0n) is 17.6. The van der Waals surface area contributed by atoms with Crippen LogP contribution in [0, 0.1) is 0 Å². The lowest BCUT2D eigenvalue weighted by molar-refractivity contribution is -0.117. The molecule has 0 radical (unpaired) electrons. The van der Waals surface area contributed by atoms with Gasteiger partial charge in [0.25, 0.3) is 5.56 Å². The van der Waals surface area contributed by atoms with E-state index in [9.17, 15) is 14.4 Å². The number of imide groups is 1. The van der Waals surface area contributed by atoms with E-state index in [0.29, 0.717) is 33.3 Å². The van der Waals surface area contributed by atoms with Crippen LogP contribution in [0.1, 0.15) is 0 Å². The van der Waals surface area contributed by atoms with Crippen LogP contribution < -0.4 is 20.9 Å². The van der Waals surface area contributed by atoms with Crippen molar-refractivity contribution in [2.75, 3.05) is 18.2 Å². The van der Waals surface area contributed by atoms with Gasteiger partial charge in [-0.1, -0.05) is 30.0 Å². The molecule has 0 aliphatic rings. The highest BCUT2D eigenvalue weighted by Gasteiger charge is 2.17. The van der Waals surface area contributed by atoms with E-state index < -0.39 is 11.9 Å². The largest absolute Gasteiger partial charge is 0.497 e. The molecular weight excluding hydrogens is 444 g/mol. The van der Waals surface area contributed by atoms with Gasteiger partial charge in [-0.25, -0.2) is 4.79 Å². The fourth-order valence-corrected chi connectivity index (χ4v) is 3.99. The van der Waals surface area contributed by atoms with Crippen molar-refractivity contribution in [1.29, 1.82) is 0 Å². The predicted molar refractivity (Wildman–Crippen MR) is 126 cm³/mol. The summed E-state index contributed by atoms with van der Waals surface area (Å²) < 4.78 is 8.25. The Morgan fingerprint density at radius 1 is 1.15 bits per heavy atom. The molecule has 0 aliphatic carbocycles. The number of amides is 3. The number of hydrogen-bond donors (Lipinski definition) is 2. The number of allylic oxidation sites excluding steroid dienone is 1. The quantitative estimate of drug-likeness (QED) is 0.319. The summed E-state index contributed by atoms with van der Waals surface area (Å²) in [7, 11) is 1.55. The minimum absolute atomic E-state index is 0.0776. The summed E-state index contributed by atoms with van der Waals surface area (Å²) >= 11 is 1.10. The van der Waals surface area contributed by atoms with Crippen molar-refractivity contribution in [2.24, 2.45) is 0 Å². The number of aromatic nitrogens is 4. The zero-order chi connectivity index (χ0) is 23.4. The molecule has 0 unspecified atom stereocenters. The Morgan fingerprint density at radius 3 is 2.64 bits per heavy atom. The van der Waals surface area contributed by atoms with E-state index in [0.717, 1.165) is 11.8 Å². The third-order valence-corrected chi connectivity index (χ3v) is 5.65. The zero-order valence-corrected chi connectivity index (χ0v) is 18.5. The van der Waals surface area contributed by atoms with Crippen LogP contribution in [-0.2, 0) is 11.3 Å². The molecule has 3 amide bonds. The van der Waals surface area contributed by atoms with Crippen molar-refractivity contribution in [3.05, 3.63) is 71.5 Å². The number of anilines is 1. The maximum atomic E-state index is 12.8. The number of para-hydroxylation sites is 1. The standard InChI is InChI=1S/C22H20N6O4S/c1-3-12-27-19(30)16-6-4-5-7-17(16)28-21(27)25-26-22(28)33-13-18(29)24-20(31)23-14-8-10-15(32-2)11-9-14/h3-11H,1,12-13H2,2H3,(H2,23,24,29,31). The number of nitrogens with zero attached hydrogens (tertiary/aromatic N) is 4. The topological polar surface area (TPSA) is 120 Å². The van der Waals surface area contributed by atoms with Gasteiger partial charge in [0.2, 0.25) is 11.7 Å². The Labute approximate surface area is 192 Å². The number of benzene rings is 2. The first-order valence-electron chi connectivity index (χ1n) is 9.87. The van der Waals surface area contributed by atoms with Gasteiger partial charge in [0, 0.05) is 12.2 Å². The van der Waals surface area contributed by atoms with E-state index in [-0.39, 0.29) is 17.9 Å². The molecule has 2 aromatic heterocycles. The average molecular weight is 465 g/mol. The van der Waals surface area contributed by atoms with Crippen LogP contribution in [0.15, 0.2) is 71.1 Å². The molecule has 33 heavy (non-hydrogen) atoms. The molecule has 168 valence electrons. The summed E-state index contributed by atoms with van der Waals surface area (Å²) in [6.07, 6.45) is 1.60. The van der Waals surface area contributed by atoms with Gasteiger partial charge in [-0.2, -0.15) is 0 Å². The Hall–Kier alpha value is -4.12. The molecule has 0 bridgehead atoms. The fraction of sp³-hybridized carbons (Fsp3) is 0.136. The van der Waals surface area contributed by atoms with Crippen molar-refractivity contribution in [3.63, 3.8) is 0 Å². The summed E-state index contributed by atoms with van der Waals surface area (Å²) in [5.74, 6) is 0.413. The molecule has 0 atom stereocenters. The van der Waals surface area contributed by atoms with E-state index in [1.54, 1.807) is 60.1 Å². The van der Waals surface area contributed by atoms with Gasteiger partial charge in [-0.15, -0.1) is 16.8 Å². The van der Waals surface area contributed by atoms with Crippen molar-refractivity contribution >= 4 is 46.1 Å². The molecule has 0 aliphatic heterocycles. The van der Waals surface area contributed by atoms with Crippen LogP contribution in [0.2, 0.25) is 0 Å². The summed E-state index contributed by atoms with van der Waals surface area (Å²) in [5.41, 5.74) is 0.946. The number of rotatable bonds is 7. The molecule has 0 fully saturated rings. The summed E-state index contributed by atoms with van der Waals surface area (Å²) in [4.78, 5) is 37.3. The highest BCUT2D eigenvalue weighted by Crippen LogP contribution is 2.21. The lowest BCUT2D eigenvalue weighted by Gasteiger charge is -2.10. The average Bonchev–Trinajstić information content (AvgIpc) is 3.25. The molecule has 0 spiro atoms. The van der Waals surface area contributed by atoms with E-state index >= 15 is 0 Å². The van der Waals surface area contributed by atoms with E-state index in [4.69, 9.17) is 4.74 Å². The van der Waals surface area contributed by atoms with E-state index in [2.05, 4.69) is 27.4 Å². The normalized spacial score (nSPS) is 10.8. The first-order valence-corrected chi connectivity index (χ1v) is 10.9. The molecule has 2 N–H and O–H groups in total.